The Morgan fingerprint density at radius 3 is 2.65 bits per heavy atom. The molecule has 2 aliphatic rings. The van der Waals surface area contributed by atoms with E-state index in [0.717, 1.165) is 50.6 Å². The number of carbonyl (C=O) groups excluding carboxylic acids is 1. The van der Waals surface area contributed by atoms with Crippen LogP contribution in [0.2, 0.25) is 0 Å². The molecule has 0 radical (unpaired) electrons. The van der Waals surface area contributed by atoms with Crippen molar-refractivity contribution in [2.45, 2.75) is 64.5 Å². The molecular formula is C17H29N5O. The van der Waals surface area contributed by atoms with Crippen molar-refractivity contribution in [2.75, 3.05) is 13.1 Å². The van der Waals surface area contributed by atoms with Crippen LogP contribution in [0.15, 0.2) is 12.7 Å². The average Bonchev–Trinajstić information content (AvgIpc) is 3.10. The van der Waals surface area contributed by atoms with E-state index in [0.29, 0.717) is 6.04 Å². The van der Waals surface area contributed by atoms with E-state index in [1.807, 2.05) is 9.58 Å². The summed E-state index contributed by atoms with van der Waals surface area (Å²) >= 11 is 0. The van der Waals surface area contributed by atoms with Crippen molar-refractivity contribution in [3.05, 3.63) is 12.7 Å². The van der Waals surface area contributed by atoms with Gasteiger partial charge >= 0.3 is 6.03 Å². The van der Waals surface area contributed by atoms with Gasteiger partial charge in [-0.1, -0.05) is 13.8 Å². The number of nitrogens with zero attached hydrogens (tertiary/aromatic N) is 4. The number of nitrogens with one attached hydrogen (secondary N) is 1. The predicted molar refractivity (Wildman–Crippen MR) is 89.0 cm³/mol. The lowest BCUT2D eigenvalue weighted by Crippen LogP contribution is -2.49. The fourth-order valence-corrected chi connectivity index (χ4v) is 3.96. The first-order chi connectivity index (χ1) is 11.1. The molecule has 1 aliphatic heterocycles. The van der Waals surface area contributed by atoms with E-state index < -0.39 is 0 Å². The van der Waals surface area contributed by atoms with Gasteiger partial charge in [-0.15, -0.1) is 0 Å². The zero-order valence-electron chi connectivity index (χ0n) is 14.3. The van der Waals surface area contributed by atoms with Gasteiger partial charge in [-0.05, 0) is 50.4 Å². The Morgan fingerprint density at radius 2 is 2.00 bits per heavy atom. The number of hydrogen-bond acceptors (Lipinski definition) is 3. The molecule has 1 aliphatic carbocycles. The molecule has 0 aromatic carbocycles. The molecule has 1 aromatic rings. The minimum Gasteiger partial charge on any atom is -0.335 e. The molecule has 23 heavy (non-hydrogen) atoms. The third-order valence-corrected chi connectivity index (χ3v) is 5.54. The maximum absolute atomic E-state index is 12.6. The van der Waals surface area contributed by atoms with Gasteiger partial charge in [0.05, 0.1) is 6.04 Å². The molecular weight excluding hydrogens is 290 g/mol. The normalized spacial score (nSPS) is 28.8. The second kappa shape index (κ2) is 7.32. The molecule has 1 unspecified atom stereocenters. The Kier molecular flexibility index (Phi) is 5.18. The van der Waals surface area contributed by atoms with E-state index in [1.165, 1.54) is 12.8 Å². The minimum absolute atomic E-state index is 0.0998. The molecule has 128 valence electrons. The number of likely N-dealkylation sites (tertiary alicyclic amines) is 1. The first kappa shape index (κ1) is 16.3. The first-order valence-electron chi connectivity index (χ1n) is 9.03. The Labute approximate surface area is 138 Å². The molecule has 2 heterocycles. The van der Waals surface area contributed by atoms with Crippen LogP contribution in [0, 0.1) is 11.8 Å². The van der Waals surface area contributed by atoms with Crippen LogP contribution < -0.4 is 5.32 Å². The van der Waals surface area contributed by atoms with Gasteiger partial charge in [0, 0.05) is 19.1 Å². The van der Waals surface area contributed by atoms with E-state index in [1.54, 1.807) is 12.7 Å². The first-order valence-corrected chi connectivity index (χ1v) is 9.03. The second-order valence-electron chi connectivity index (χ2n) is 7.42. The summed E-state index contributed by atoms with van der Waals surface area (Å²) in [6.07, 6.45) is 10.1. The van der Waals surface area contributed by atoms with Gasteiger partial charge in [0.15, 0.2) is 0 Å². The summed E-state index contributed by atoms with van der Waals surface area (Å²) in [4.78, 5) is 18.5. The van der Waals surface area contributed by atoms with Gasteiger partial charge < -0.3 is 10.2 Å². The van der Waals surface area contributed by atoms with Crippen LogP contribution in [-0.4, -0.2) is 44.8 Å². The van der Waals surface area contributed by atoms with E-state index in [-0.39, 0.29) is 12.1 Å². The number of rotatable bonds is 3. The maximum Gasteiger partial charge on any atom is 0.317 e. The van der Waals surface area contributed by atoms with Crippen LogP contribution in [0.4, 0.5) is 4.79 Å². The van der Waals surface area contributed by atoms with E-state index in [4.69, 9.17) is 0 Å². The van der Waals surface area contributed by atoms with Gasteiger partial charge in [-0.25, -0.2) is 14.5 Å². The molecule has 6 heteroatoms. The lowest BCUT2D eigenvalue weighted by Gasteiger charge is -2.36. The van der Waals surface area contributed by atoms with Crippen LogP contribution in [0.3, 0.4) is 0 Å². The number of amides is 2. The van der Waals surface area contributed by atoms with E-state index in [9.17, 15) is 4.79 Å². The largest absolute Gasteiger partial charge is 0.335 e. The van der Waals surface area contributed by atoms with E-state index >= 15 is 0 Å². The molecule has 2 amide bonds. The molecule has 0 spiro atoms. The summed E-state index contributed by atoms with van der Waals surface area (Å²) in [7, 11) is 0. The van der Waals surface area contributed by atoms with Crippen LogP contribution in [0.1, 0.15) is 58.4 Å². The summed E-state index contributed by atoms with van der Waals surface area (Å²) in [5.41, 5.74) is 0. The van der Waals surface area contributed by atoms with Crippen LogP contribution in [0.25, 0.3) is 0 Å². The van der Waals surface area contributed by atoms with Crippen molar-refractivity contribution in [1.29, 1.82) is 0 Å². The SMILES string of the molecule is CC(C)C1CCC(NC(=O)N2CCCC(n3cncn3)C2)CC1. The minimum atomic E-state index is 0.0998. The van der Waals surface area contributed by atoms with Gasteiger partial charge in [0.2, 0.25) is 0 Å². The molecule has 2 fully saturated rings. The average molecular weight is 319 g/mol. The number of aromatic nitrogens is 3. The standard InChI is InChI=1S/C17H29N5O/c1-13(2)14-5-7-15(8-6-14)20-17(23)21-9-3-4-16(10-21)22-12-18-11-19-22/h11-16H,3-10H2,1-2H3,(H,20,23). The number of hydrogen-bond donors (Lipinski definition) is 1. The smallest absolute Gasteiger partial charge is 0.317 e. The van der Waals surface area contributed by atoms with Crippen molar-refractivity contribution in [3.63, 3.8) is 0 Å². The van der Waals surface area contributed by atoms with Crippen LogP contribution in [-0.2, 0) is 0 Å². The third kappa shape index (κ3) is 4.03. The van der Waals surface area contributed by atoms with Crippen molar-refractivity contribution >= 4 is 6.03 Å². The fourth-order valence-electron chi connectivity index (χ4n) is 3.96. The van der Waals surface area contributed by atoms with Crippen LogP contribution >= 0.6 is 0 Å². The summed E-state index contributed by atoms with van der Waals surface area (Å²) in [5, 5.41) is 7.48. The number of carbonyl (C=O) groups is 1. The van der Waals surface area contributed by atoms with Gasteiger partial charge in [0.1, 0.15) is 12.7 Å². The quantitative estimate of drug-likeness (QED) is 0.932. The lowest BCUT2D eigenvalue weighted by atomic mass is 9.80. The predicted octanol–water partition coefficient (Wildman–Crippen LogP) is 2.84. The highest BCUT2D eigenvalue weighted by molar-refractivity contribution is 5.74. The van der Waals surface area contributed by atoms with Crippen molar-refractivity contribution < 1.29 is 4.79 Å². The molecule has 6 nitrogen and oxygen atoms in total. The monoisotopic (exact) mass is 319 g/mol. The fraction of sp³-hybridized carbons (Fsp3) is 0.824. The van der Waals surface area contributed by atoms with Crippen molar-refractivity contribution in [2.24, 2.45) is 11.8 Å². The maximum atomic E-state index is 12.6. The Hall–Kier alpha value is -1.59. The Bertz CT molecular complexity index is 493. The number of urea groups is 1. The highest BCUT2D eigenvalue weighted by Crippen LogP contribution is 2.30. The van der Waals surface area contributed by atoms with Crippen molar-refractivity contribution in [1.82, 2.24) is 25.0 Å². The Balaban J connectivity index is 1.48. The summed E-state index contributed by atoms with van der Waals surface area (Å²) in [6.45, 7) is 6.19. The van der Waals surface area contributed by atoms with Gasteiger partial charge in [0.25, 0.3) is 0 Å². The topological polar surface area (TPSA) is 63.1 Å². The highest BCUT2D eigenvalue weighted by Gasteiger charge is 2.28. The van der Waals surface area contributed by atoms with E-state index in [2.05, 4.69) is 29.2 Å². The Morgan fingerprint density at radius 1 is 1.22 bits per heavy atom. The highest BCUT2D eigenvalue weighted by atomic mass is 16.2. The summed E-state index contributed by atoms with van der Waals surface area (Å²) in [5.74, 6) is 1.59. The zero-order valence-corrected chi connectivity index (χ0v) is 14.3. The van der Waals surface area contributed by atoms with Gasteiger partial charge in [-0.3, -0.25) is 0 Å². The van der Waals surface area contributed by atoms with Crippen LogP contribution in [0.5, 0.6) is 0 Å². The molecule has 1 saturated heterocycles. The molecule has 1 aromatic heterocycles. The second-order valence-corrected chi connectivity index (χ2v) is 7.42. The molecule has 3 rings (SSSR count). The zero-order chi connectivity index (χ0) is 16.2. The number of piperidine rings is 1. The molecule has 0 bridgehead atoms. The summed E-state index contributed by atoms with van der Waals surface area (Å²) in [6, 6.07) is 0.709. The third-order valence-electron chi connectivity index (χ3n) is 5.54. The molecule has 1 saturated carbocycles. The van der Waals surface area contributed by atoms with Gasteiger partial charge in [-0.2, -0.15) is 5.10 Å². The summed E-state index contributed by atoms with van der Waals surface area (Å²) < 4.78 is 1.88. The lowest BCUT2D eigenvalue weighted by molar-refractivity contribution is 0.153. The van der Waals surface area contributed by atoms with Crippen molar-refractivity contribution in [3.8, 4) is 0 Å². The molecule has 1 N–H and O–H groups in total. The molecule has 1 atom stereocenters.